The maximum absolute atomic E-state index is 12.3. The normalized spacial score (nSPS) is 14.6. The van der Waals surface area contributed by atoms with Crippen molar-refractivity contribution in [2.75, 3.05) is 44.7 Å². The molecule has 10 heteroatoms. The second kappa shape index (κ2) is 10.2. The molecular weight excluding hydrogens is 423 g/mol. The monoisotopic (exact) mass is 442 g/mol. The number of halogens is 2. The zero-order valence-electron chi connectivity index (χ0n) is 15.0. The first-order valence-electron chi connectivity index (χ1n) is 8.83. The molecular formula is C18H20Cl2N4O3S. The summed E-state index contributed by atoms with van der Waals surface area (Å²) in [5.74, 6) is -0.626. The van der Waals surface area contributed by atoms with Crippen LogP contribution in [0.3, 0.4) is 0 Å². The van der Waals surface area contributed by atoms with Gasteiger partial charge in [0.05, 0.1) is 23.3 Å². The number of aromatic nitrogens is 1. The number of amides is 2. The highest BCUT2D eigenvalue weighted by molar-refractivity contribution is 7.14. The van der Waals surface area contributed by atoms with Crippen LogP contribution in [-0.4, -0.2) is 61.1 Å². The van der Waals surface area contributed by atoms with E-state index in [9.17, 15) is 9.59 Å². The number of benzene rings is 1. The summed E-state index contributed by atoms with van der Waals surface area (Å²) in [6.45, 7) is 4.89. The average Bonchev–Trinajstić information content (AvgIpc) is 3.16. The van der Waals surface area contributed by atoms with Gasteiger partial charge in [-0.3, -0.25) is 19.8 Å². The van der Waals surface area contributed by atoms with Gasteiger partial charge in [-0.25, -0.2) is 4.98 Å². The van der Waals surface area contributed by atoms with Crippen LogP contribution in [0.5, 0.6) is 0 Å². The highest BCUT2D eigenvalue weighted by atomic mass is 35.5. The summed E-state index contributed by atoms with van der Waals surface area (Å²) >= 11 is 13.0. The van der Waals surface area contributed by atoms with E-state index in [1.165, 1.54) is 17.4 Å². The Morgan fingerprint density at radius 3 is 2.71 bits per heavy atom. The number of hydrogen-bond donors (Lipinski definition) is 2. The Bertz CT molecular complexity index is 840. The Balaban J connectivity index is 1.45. The molecule has 0 atom stereocenters. The first-order chi connectivity index (χ1) is 13.5. The summed E-state index contributed by atoms with van der Waals surface area (Å²) in [6, 6.07) is 4.60. The zero-order chi connectivity index (χ0) is 19.9. The lowest BCUT2D eigenvalue weighted by molar-refractivity contribution is 0.0374. The van der Waals surface area contributed by atoms with Crippen molar-refractivity contribution in [1.29, 1.82) is 0 Å². The van der Waals surface area contributed by atoms with Crippen LogP contribution >= 0.6 is 34.5 Å². The van der Waals surface area contributed by atoms with Crippen LogP contribution < -0.4 is 10.6 Å². The summed E-state index contributed by atoms with van der Waals surface area (Å²) in [4.78, 5) is 30.9. The lowest BCUT2D eigenvalue weighted by Gasteiger charge is -2.26. The summed E-state index contributed by atoms with van der Waals surface area (Å²) in [5.41, 5.74) is 0.638. The van der Waals surface area contributed by atoms with E-state index in [0.717, 1.165) is 39.3 Å². The Hall–Kier alpha value is -1.71. The molecule has 28 heavy (non-hydrogen) atoms. The molecule has 1 aromatic carbocycles. The number of thiazole rings is 1. The van der Waals surface area contributed by atoms with Crippen molar-refractivity contribution in [3.63, 3.8) is 0 Å². The average molecular weight is 443 g/mol. The van der Waals surface area contributed by atoms with Crippen LogP contribution in [0.25, 0.3) is 0 Å². The van der Waals surface area contributed by atoms with Gasteiger partial charge in [-0.05, 0) is 31.2 Å². The van der Waals surface area contributed by atoms with E-state index in [1.807, 2.05) is 0 Å². The Kier molecular flexibility index (Phi) is 7.64. The highest BCUT2D eigenvalue weighted by Crippen LogP contribution is 2.23. The van der Waals surface area contributed by atoms with Gasteiger partial charge in [0.25, 0.3) is 11.8 Å². The summed E-state index contributed by atoms with van der Waals surface area (Å²) in [6.07, 6.45) is 0.858. The fraction of sp³-hybridized carbons (Fsp3) is 0.389. The number of nitrogens with one attached hydrogen (secondary N) is 2. The quantitative estimate of drug-likeness (QED) is 0.643. The number of nitrogens with zero attached hydrogens (tertiary/aromatic N) is 2. The van der Waals surface area contributed by atoms with Gasteiger partial charge in [-0.1, -0.05) is 23.2 Å². The molecule has 0 aliphatic carbocycles. The van der Waals surface area contributed by atoms with Crippen LogP contribution in [0.15, 0.2) is 23.6 Å². The highest BCUT2D eigenvalue weighted by Gasteiger charge is 2.14. The second-order valence-corrected chi connectivity index (χ2v) is 7.86. The molecule has 3 rings (SSSR count). The largest absolute Gasteiger partial charge is 0.379 e. The van der Waals surface area contributed by atoms with Crippen molar-refractivity contribution in [1.82, 2.24) is 15.2 Å². The number of morpholine rings is 1. The number of carbonyl (C=O) groups is 2. The van der Waals surface area contributed by atoms with Crippen molar-refractivity contribution in [3.05, 3.63) is 44.9 Å². The van der Waals surface area contributed by atoms with E-state index in [4.69, 9.17) is 27.9 Å². The maximum Gasteiger partial charge on any atom is 0.270 e. The minimum atomic E-state index is -0.370. The Labute approximate surface area is 177 Å². The van der Waals surface area contributed by atoms with Crippen LogP contribution in [0.1, 0.15) is 27.3 Å². The molecule has 0 spiro atoms. The standard InChI is InChI=1S/C18H20Cl2N4O3S/c19-13-3-2-12(10-14(13)20)16(25)23-18-22-15(11-28-18)17(26)21-4-1-5-24-6-8-27-9-7-24/h2-3,10-11H,1,4-9H2,(H,21,26)(H,22,23,25). The van der Waals surface area contributed by atoms with Gasteiger partial charge < -0.3 is 10.1 Å². The molecule has 0 saturated carbocycles. The van der Waals surface area contributed by atoms with Crippen molar-refractivity contribution >= 4 is 51.5 Å². The molecule has 1 saturated heterocycles. The topological polar surface area (TPSA) is 83.6 Å². The lowest BCUT2D eigenvalue weighted by Crippen LogP contribution is -2.38. The van der Waals surface area contributed by atoms with Crippen molar-refractivity contribution < 1.29 is 14.3 Å². The molecule has 2 N–H and O–H groups in total. The van der Waals surface area contributed by atoms with E-state index in [0.29, 0.717) is 27.3 Å². The molecule has 2 heterocycles. The predicted molar refractivity (Wildman–Crippen MR) is 111 cm³/mol. The predicted octanol–water partition coefficient (Wildman–Crippen LogP) is 3.15. The van der Waals surface area contributed by atoms with Gasteiger partial charge in [0.1, 0.15) is 5.69 Å². The fourth-order valence-corrected chi connectivity index (χ4v) is 3.65. The SMILES string of the molecule is O=C(Nc1nc(C(=O)NCCCN2CCOCC2)cs1)c1ccc(Cl)c(Cl)c1. The van der Waals surface area contributed by atoms with Gasteiger partial charge in [0.2, 0.25) is 0 Å². The smallest absolute Gasteiger partial charge is 0.270 e. The van der Waals surface area contributed by atoms with Crippen molar-refractivity contribution in [2.45, 2.75) is 6.42 Å². The molecule has 2 aromatic rings. The lowest BCUT2D eigenvalue weighted by atomic mass is 10.2. The van der Waals surface area contributed by atoms with E-state index < -0.39 is 0 Å². The maximum atomic E-state index is 12.3. The minimum Gasteiger partial charge on any atom is -0.379 e. The summed E-state index contributed by atoms with van der Waals surface area (Å²) in [5, 5.41) is 8.14. The summed E-state index contributed by atoms with van der Waals surface area (Å²) in [7, 11) is 0. The molecule has 1 aliphatic heterocycles. The number of hydrogen-bond acceptors (Lipinski definition) is 6. The van der Waals surface area contributed by atoms with Gasteiger partial charge in [-0.2, -0.15) is 0 Å². The Morgan fingerprint density at radius 2 is 1.96 bits per heavy atom. The molecule has 1 fully saturated rings. The van der Waals surface area contributed by atoms with Crippen LogP contribution in [-0.2, 0) is 4.74 Å². The Morgan fingerprint density at radius 1 is 1.18 bits per heavy atom. The first kappa shape index (κ1) is 21.0. The summed E-state index contributed by atoms with van der Waals surface area (Å²) < 4.78 is 5.31. The van der Waals surface area contributed by atoms with Gasteiger partial charge in [-0.15, -0.1) is 11.3 Å². The van der Waals surface area contributed by atoms with E-state index >= 15 is 0 Å². The zero-order valence-corrected chi connectivity index (χ0v) is 17.4. The number of carbonyl (C=O) groups excluding carboxylic acids is 2. The second-order valence-electron chi connectivity index (χ2n) is 6.18. The van der Waals surface area contributed by atoms with Gasteiger partial charge in [0, 0.05) is 30.6 Å². The van der Waals surface area contributed by atoms with Crippen LogP contribution in [0.2, 0.25) is 10.0 Å². The number of anilines is 1. The number of rotatable bonds is 7. The molecule has 0 bridgehead atoms. The molecule has 7 nitrogen and oxygen atoms in total. The van der Waals surface area contributed by atoms with Crippen molar-refractivity contribution in [3.8, 4) is 0 Å². The van der Waals surface area contributed by atoms with Crippen LogP contribution in [0.4, 0.5) is 5.13 Å². The van der Waals surface area contributed by atoms with Gasteiger partial charge >= 0.3 is 0 Å². The first-order valence-corrected chi connectivity index (χ1v) is 10.5. The molecule has 2 amide bonds. The molecule has 0 radical (unpaired) electrons. The van der Waals surface area contributed by atoms with Crippen molar-refractivity contribution in [2.24, 2.45) is 0 Å². The third-order valence-electron chi connectivity index (χ3n) is 4.18. The van der Waals surface area contributed by atoms with Gasteiger partial charge in [0.15, 0.2) is 5.13 Å². The number of ether oxygens (including phenoxy) is 1. The van der Waals surface area contributed by atoms with E-state index in [2.05, 4.69) is 20.5 Å². The molecule has 1 aliphatic rings. The molecule has 150 valence electrons. The van der Waals surface area contributed by atoms with E-state index in [1.54, 1.807) is 17.5 Å². The molecule has 1 aromatic heterocycles. The van der Waals surface area contributed by atoms with Crippen LogP contribution in [0, 0.1) is 0 Å². The molecule has 0 unspecified atom stereocenters. The fourth-order valence-electron chi connectivity index (χ4n) is 2.66. The minimum absolute atomic E-state index is 0.256. The third kappa shape index (κ3) is 5.89. The van der Waals surface area contributed by atoms with E-state index in [-0.39, 0.29) is 17.5 Å². The third-order valence-corrected chi connectivity index (χ3v) is 5.68.